The summed E-state index contributed by atoms with van der Waals surface area (Å²) in [6, 6.07) is 31.0. The van der Waals surface area contributed by atoms with Crippen molar-refractivity contribution in [2.24, 2.45) is 22.9 Å². The van der Waals surface area contributed by atoms with Crippen LogP contribution in [0.1, 0.15) is 74.5 Å². The second-order valence-electron chi connectivity index (χ2n) is 17.5. The van der Waals surface area contributed by atoms with Gasteiger partial charge in [-0.05, 0) is 127 Å². The third kappa shape index (κ3) is 10.4. The van der Waals surface area contributed by atoms with Gasteiger partial charge in [0.1, 0.15) is 35.7 Å². The highest BCUT2D eigenvalue weighted by Crippen LogP contribution is 2.62. The molecule has 2 aliphatic carbocycles. The lowest BCUT2D eigenvalue weighted by Gasteiger charge is -2.59. The van der Waals surface area contributed by atoms with E-state index in [0.29, 0.717) is 46.9 Å². The predicted octanol–water partition coefficient (Wildman–Crippen LogP) is 11.2. The molecule has 0 saturated heterocycles. The van der Waals surface area contributed by atoms with Gasteiger partial charge in [0.25, 0.3) is 5.69 Å². The van der Waals surface area contributed by atoms with Gasteiger partial charge in [-0.15, -0.1) is 6.58 Å². The zero-order valence-electron chi connectivity index (χ0n) is 38.2. The molecule has 0 bridgehead atoms. The molecule has 13 nitrogen and oxygen atoms in total. The van der Waals surface area contributed by atoms with Gasteiger partial charge in [-0.2, -0.15) is 0 Å². The Morgan fingerprint density at radius 2 is 1.63 bits per heavy atom. The third-order valence-corrected chi connectivity index (χ3v) is 13.3. The van der Waals surface area contributed by atoms with Crippen molar-refractivity contribution in [2.45, 2.75) is 82.8 Å². The molecule has 1 saturated carbocycles. The first-order valence-corrected chi connectivity index (χ1v) is 23.4. The molecule has 68 heavy (non-hydrogen) atoms. The number of carbonyl (C=O) groups is 1. The number of halogens is 1. The Balaban J connectivity index is 1.32. The number of rotatable bonds is 21. The van der Waals surface area contributed by atoms with Crippen LogP contribution in [0.25, 0.3) is 10.8 Å². The summed E-state index contributed by atoms with van der Waals surface area (Å²) in [5.74, 6) is -1.21. The maximum atomic E-state index is 14.5. The molecule has 0 radical (unpaired) electrons. The minimum absolute atomic E-state index is 0.00132. The summed E-state index contributed by atoms with van der Waals surface area (Å²) in [7, 11) is 0. The van der Waals surface area contributed by atoms with E-state index in [-0.39, 0.29) is 69.4 Å². The van der Waals surface area contributed by atoms with Crippen LogP contribution in [0.15, 0.2) is 139 Å². The first kappa shape index (κ1) is 47.9. The molecule has 1 fully saturated rings. The fraction of sp³-hybridized carbons (Fsp3) is 0.370. The molecule has 8 rings (SSSR count). The number of amides is 1. The SMILES string of the molecule is C=CCO[C@@]12Oc3ccc(Oc4ccc5ccccc5c4)cc3[C@H]3[C@H](CCCCO)[C@@H](CCCCO)C=C(C(=NOCc4ccc([N+](=O)[O-])cc4)C[C@@H]1N(Cc1ccc(F)cc1)C(=O)OCC)[C@H]32. The van der Waals surface area contributed by atoms with Crippen molar-refractivity contribution in [3.05, 3.63) is 166 Å². The van der Waals surface area contributed by atoms with E-state index in [1.807, 2.05) is 54.6 Å². The average Bonchev–Trinajstić information content (AvgIpc) is 3.34. The molecule has 6 atom stereocenters. The maximum absolute atomic E-state index is 14.5. The monoisotopic (exact) mass is 927 g/mol. The van der Waals surface area contributed by atoms with Crippen molar-refractivity contribution >= 4 is 28.3 Å². The van der Waals surface area contributed by atoms with E-state index in [0.717, 1.165) is 47.6 Å². The van der Waals surface area contributed by atoms with Crippen molar-refractivity contribution < 1.29 is 48.1 Å². The summed E-state index contributed by atoms with van der Waals surface area (Å²) >= 11 is 0. The van der Waals surface area contributed by atoms with Gasteiger partial charge >= 0.3 is 6.09 Å². The molecule has 3 aliphatic rings. The summed E-state index contributed by atoms with van der Waals surface area (Å²) in [5.41, 5.74) is 3.51. The lowest BCUT2D eigenvalue weighted by atomic mass is 9.55. The standard InChI is InChI=1S/C54H58FN3O10/c1-3-29-65-54-50(57(53(61)64-4-2)34-36-15-20-41(55)21-16-36)33-48(56-66-35-37-17-22-42(23-18-37)58(62)63)46-31-40(13-7-9-27-59)45(14-8-10-28-60)51(52(46)54)47-32-44(25-26-49(47)68-54)67-43-24-19-38-11-5-6-12-39(38)30-43/h3,5-6,11-12,15-26,30-32,40,45,50-52,59-60H,1,4,7-10,13-14,27-29,33-35H2,2H3/t40-,45+,50-,51+,52+,54+/m0/s1. The molecule has 0 spiro atoms. The van der Waals surface area contributed by atoms with E-state index in [4.69, 9.17) is 28.9 Å². The molecular formula is C54H58FN3O10. The topological polar surface area (TPSA) is 162 Å². The van der Waals surface area contributed by atoms with Crippen molar-refractivity contribution in [1.29, 1.82) is 0 Å². The quantitative estimate of drug-likeness (QED) is 0.0313. The number of non-ortho nitro benzene ring substituents is 1. The van der Waals surface area contributed by atoms with E-state index >= 15 is 0 Å². The van der Waals surface area contributed by atoms with Crippen molar-refractivity contribution in [3.63, 3.8) is 0 Å². The van der Waals surface area contributed by atoms with Gasteiger partial charge in [0.05, 0.1) is 29.8 Å². The summed E-state index contributed by atoms with van der Waals surface area (Å²) in [6.45, 7) is 5.98. The number of nitrogens with zero attached hydrogens (tertiary/aromatic N) is 3. The molecule has 356 valence electrons. The number of aliphatic hydroxyl groups excluding tert-OH is 2. The highest BCUT2D eigenvalue weighted by Gasteiger charge is 2.65. The number of hydrogen-bond acceptors (Lipinski definition) is 11. The average molecular weight is 928 g/mol. The number of fused-ring (bicyclic) bond motifs is 3. The number of unbranched alkanes of at least 4 members (excludes halogenated alkanes) is 2. The van der Waals surface area contributed by atoms with Crippen LogP contribution in [0.5, 0.6) is 17.2 Å². The number of aliphatic hydroxyl groups is 2. The van der Waals surface area contributed by atoms with E-state index in [1.165, 1.54) is 24.3 Å². The normalized spacial score (nSPS) is 22.0. The number of hydrogen-bond donors (Lipinski definition) is 2. The van der Waals surface area contributed by atoms with E-state index < -0.39 is 34.6 Å². The van der Waals surface area contributed by atoms with Crippen LogP contribution < -0.4 is 9.47 Å². The van der Waals surface area contributed by atoms with Crippen LogP contribution in [-0.4, -0.2) is 70.1 Å². The van der Waals surface area contributed by atoms with Gasteiger partial charge < -0.3 is 34.0 Å². The molecule has 1 amide bonds. The van der Waals surface area contributed by atoms with Gasteiger partial charge in [0.2, 0.25) is 5.79 Å². The second kappa shape index (κ2) is 22.0. The van der Waals surface area contributed by atoms with E-state index in [1.54, 1.807) is 42.2 Å². The molecule has 1 aliphatic heterocycles. The summed E-state index contributed by atoms with van der Waals surface area (Å²) in [6.07, 6.45) is 7.53. The molecule has 0 aromatic heterocycles. The van der Waals surface area contributed by atoms with Gasteiger partial charge in [0.15, 0.2) is 0 Å². The van der Waals surface area contributed by atoms with Gasteiger partial charge in [-0.1, -0.05) is 72.6 Å². The van der Waals surface area contributed by atoms with Crippen LogP contribution in [0, 0.1) is 33.7 Å². The largest absolute Gasteiger partial charge is 0.459 e. The summed E-state index contributed by atoms with van der Waals surface area (Å²) < 4.78 is 41.2. The van der Waals surface area contributed by atoms with Crippen LogP contribution in [0.2, 0.25) is 0 Å². The number of nitro groups is 1. The van der Waals surface area contributed by atoms with E-state index in [2.05, 4.69) is 18.7 Å². The van der Waals surface area contributed by atoms with Crippen LogP contribution in [-0.2, 0) is 27.5 Å². The summed E-state index contributed by atoms with van der Waals surface area (Å²) in [4.78, 5) is 33.2. The molecule has 5 aromatic rings. The van der Waals surface area contributed by atoms with Crippen molar-refractivity contribution in [3.8, 4) is 17.2 Å². The number of oxime groups is 1. The lowest BCUT2D eigenvalue weighted by Crippen LogP contribution is -2.70. The fourth-order valence-electron chi connectivity index (χ4n) is 10.3. The Bertz CT molecular complexity index is 2620. The Morgan fingerprint density at radius 1 is 0.926 bits per heavy atom. The van der Waals surface area contributed by atoms with Crippen LogP contribution in [0.4, 0.5) is 14.9 Å². The number of carbonyl (C=O) groups excluding carboxylic acids is 1. The first-order chi connectivity index (χ1) is 33.2. The predicted molar refractivity (Wildman–Crippen MR) is 256 cm³/mol. The molecule has 5 aromatic carbocycles. The Labute approximate surface area is 395 Å². The summed E-state index contributed by atoms with van der Waals surface area (Å²) in [5, 5.41) is 38.4. The molecule has 2 N–H and O–H groups in total. The minimum Gasteiger partial charge on any atom is -0.459 e. The zero-order chi connectivity index (χ0) is 47.6. The molecule has 1 heterocycles. The Morgan fingerprint density at radius 3 is 2.35 bits per heavy atom. The number of allylic oxidation sites excluding steroid dienone is 1. The molecule has 0 unspecified atom stereocenters. The highest BCUT2D eigenvalue weighted by atomic mass is 19.1. The van der Waals surface area contributed by atoms with Crippen molar-refractivity contribution in [2.75, 3.05) is 26.4 Å². The van der Waals surface area contributed by atoms with Gasteiger partial charge in [0, 0.05) is 49.8 Å². The Hall–Kier alpha value is -6.61. The van der Waals surface area contributed by atoms with Crippen molar-refractivity contribution in [1.82, 2.24) is 4.90 Å². The van der Waals surface area contributed by atoms with E-state index in [9.17, 15) is 29.5 Å². The lowest BCUT2D eigenvalue weighted by molar-refractivity contribution is -0.384. The zero-order valence-corrected chi connectivity index (χ0v) is 38.2. The van der Waals surface area contributed by atoms with Crippen LogP contribution in [0.3, 0.4) is 0 Å². The van der Waals surface area contributed by atoms with Gasteiger partial charge in [-0.25, -0.2) is 9.18 Å². The Kier molecular flexibility index (Phi) is 15.5. The molecule has 14 heteroatoms. The van der Waals surface area contributed by atoms with Gasteiger partial charge in [-0.3, -0.25) is 15.0 Å². The second-order valence-corrected chi connectivity index (χ2v) is 17.5. The smallest absolute Gasteiger partial charge is 0.410 e. The third-order valence-electron chi connectivity index (χ3n) is 13.3. The minimum atomic E-state index is -1.58. The first-order valence-electron chi connectivity index (χ1n) is 23.4. The molecular weight excluding hydrogens is 870 g/mol. The number of ether oxygens (including phenoxy) is 4. The number of nitro benzene ring substituents is 1. The highest BCUT2D eigenvalue weighted by molar-refractivity contribution is 6.03. The fourth-order valence-corrected chi connectivity index (χ4v) is 10.3. The van der Waals surface area contributed by atoms with Crippen LogP contribution >= 0.6 is 0 Å². The number of benzene rings is 5. The maximum Gasteiger partial charge on any atom is 0.410 e.